The van der Waals surface area contributed by atoms with E-state index in [1.54, 1.807) is 4.31 Å². The molecule has 112 valence electrons. The Morgan fingerprint density at radius 3 is 2.42 bits per heavy atom. The third kappa shape index (κ3) is 3.90. The third-order valence-corrected chi connectivity index (χ3v) is 6.56. The molecule has 0 radical (unpaired) electrons. The van der Waals surface area contributed by atoms with E-state index in [0.29, 0.717) is 25.6 Å². The molecule has 2 heterocycles. The average Bonchev–Trinajstić information content (AvgIpc) is 2.40. The first-order valence-electron chi connectivity index (χ1n) is 7.34. The lowest BCUT2D eigenvalue weighted by atomic mass is 9.98. The molecule has 0 aliphatic carbocycles. The van der Waals surface area contributed by atoms with Crippen LogP contribution in [0, 0.1) is 5.92 Å². The molecular weight excluding hydrogens is 262 g/mol. The second-order valence-electron chi connectivity index (χ2n) is 6.12. The first-order valence-corrected chi connectivity index (χ1v) is 8.85. The van der Waals surface area contributed by atoms with Gasteiger partial charge in [-0.2, -0.15) is 0 Å². The highest BCUT2D eigenvalue weighted by molar-refractivity contribution is 7.89. The van der Waals surface area contributed by atoms with E-state index >= 15 is 0 Å². The van der Waals surface area contributed by atoms with Gasteiger partial charge in [-0.1, -0.05) is 0 Å². The molecule has 0 saturated carbocycles. The summed E-state index contributed by atoms with van der Waals surface area (Å²) in [6.07, 6.45) is 3.78. The predicted octanol–water partition coefficient (Wildman–Crippen LogP) is 0.342. The van der Waals surface area contributed by atoms with E-state index < -0.39 is 10.0 Å². The highest BCUT2D eigenvalue weighted by Crippen LogP contribution is 2.24. The van der Waals surface area contributed by atoms with Gasteiger partial charge in [-0.15, -0.1) is 0 Å². The van der Waals surface area contributed by atoms with Crippen molar-refractivity contribution in [1.82, 2.24) is 14.5 Å². The number of nitrogens with zero attached hydrogens (tertiary/aromatic N) is 2. The molecule has 5 nitrogen and oxygen atoms in total. The van der Waals surface area contributed by atoms with Crippen LogP contribution in [0.1, 0.15) is 25.7 Å². The monoisotopic (exact) mass is 289 g/mol. The molecule has 1 atom stereocenters. The zero-order valence-corrected chi connectivity index (χ0v) is 13.0. The van der Waals surface area contributed by atoms with Gasteiger partial charge in [0.1, 0.15) is 0 Å². The van der Waals surface area contributed by atoms with Crippen LogP contribution in [0.25, 0.3) is 0 Å². The Morgan fingerprint density at radius 1 is 1.21 bits per heavy atom. The molecular formula is C13H27N3O2S. The fourth-order valence-corrected chi connectivity index (χ4v) is 5.08. The van der Waals surface area contributed by atoms with E-state index in [0.717, 1.165) is 38.8 Å². The van der Waals surface area contributed by atoms with Crippen molar-refractivity contribution in [3.8, 4) is 0 Å². The van der Waals surface area contributed by atoms with E-state index in [-0.39, 0.29) is 5.25 Å². The number of hydrogen-bond acceptors (Lipinski definition) is 4. The molecule has 1 N–H and O–H groups in total. The summed E-state index contributed by atoms with van der Waals surface area (Å²) in [7, 11) is 1.08. The summed E-state index contributed by atoms with van der Waals surface area (Å²) in [5.41, 5.74) is 0. The lowest BCUT2D eigenvalue weighted by molar-refractivity contribution is 0.223. The van der Waals surface area contributed by atoms with Crippen LogP contribution in [0.4, 0.5) is 0 Å². The minimum Gasteiger partial charge on any atom is -0.315 e. The predicted molar refractivity (Wildman–Crippen MR) is 77.7 cm³/mol. The number of sulfonamides is 1. The lowest BCUT2D eigenvalue weighted by Crippen LogP contribution is -2.49. The fraction of sp³-hybridized carbons (Fsp3) is 1.00. The Kier molecular flexibility index (Phi) is 5.22. The summed E-state index contributed by atoms with van der Waals surface area (Å²) < 4.78 is 26.8. The summed E-state index contributed by atoms with van der Waals surface area (Å²) >= 11 is 0. The molecule has 2 rings (SSSR count). The van der Waals surface area contributed by atoms with Crippen molar-refractivity contribution in [2.45, 2.75) is 30.9 Å². The van der Waals surface area contributed by atoms with Crippen molar-refractivity contribution < 1.29 is 8.42 Å². The summed E-state index contributed by atoms with van der Waals surface area (Å²) in [6.45, 7) is 4.06. The van der Waals surface area contributed by atoms with Gasteiger partial charge in [-0.25, -0.2) is 12.7 Å². The van der Waals surface area contributed by atoms with Gasteiger partial charge in [0.2, 0.25) is 10.0 Å². The van der Waals surface area contributed by atoms with Crippen molar-refractivity contribution in [2.24, 2.45) is 5.92 Å². The summed E-state index contributed by atoms with van der Waals surface area (Å²) in [5, 5.41) is 3.00. The molecule has 0 aromatic carbocycles. The van der Waals surface area contributed by atoms with Crippen molar-refractivity contribution in [3.05, 3.63) is 0 Å². The van der Waals surface area contributed by atoms with Gasteiger partial charge < -0.3 is 10.2 Å². The molecule has 2 aliphatic heterocycles. The summed E-state index contributed by atoms with van der Waals surface area (Å²) in [4.78, 5) is 2.19. The summed E-state index contributed by atoms with van der Waals surface area (Å²) in [5.74, 6) is 0.644. The standard InChI is InChI=1S/C13H27N3O2S/c1-15(2)11-12-5-8-16(9-6-12)19(17,18)13-4-3-7-14-10-13/h12-14H,3-11H2,1-2H3. The van der Waals surface area contributed by atoms with E-state index in [9.17, 15) is 8.42 Å². The Balaban J connectivity index is 1.89. The first kappa shape index (κ1) is 15.2. The summed E-state index contributed by atoms with van der Waals surface area (Å²) in [6, 6.07) is 0. The molecule has 19 heavy (non-hydrogen) atoms. The van der Waals surface area contributed by atoms with Crippen LogP contribution < -0.4 is 5.32 Å². The maximum absolute atomic E-state index is 12.5. The lowest BCUT2D eigenvalue weighted by Gasteiger charge is -2.35. The maximum atomic E-state index is 12.5. The van der Waals surface area contributed by atoms with Gasteiger partial charge in [0, 0.05) is 26.2 Å². The number of nitrogens with one attached hydrogen (secondary N) is 1. The minimum atomic E-state index is -3.08. The number of piperidine rings is 2. The fourth-order valence-electron chi connectivity index (χ4n) is 3.15. The van der Waals surface area contributed by atoms with Crippen molar-refractivity contribution in [2.75, 3.05) is 46.8 Å². The van der Waals surface area contributed by atoms with Gasteiger partial charge in [-0.3, -0.25) is 0 Å². The smallest absolute Gasteiger partial charge is 0.218 e. The zero-order chi connectivity index (χ0) is 13.9. The molecule has 1 unspecified atom stereocenters. The van der Waals surface area contributed by atoms with E-state index in [1.165, 1.54) is 0 Å². The van der Waals surface area contributed by atoms with E-state index in [1.807, 2.05) is 0 Å². The average molecular weight is 289 g/mol. The van der Waals surface area contributed by atoms with Gasteiger partial charge in [0.05, 0.1) is 5.25 Å². The molecule has 0 aromatic heterocycles. The molecule has 0 bridgehead atoms. The molecule has 0 amide bonds. The van der Waals surface area contributed by atoms with Crippen LogP contribution in [0.5, 0.6) is 0 Å². The van der Waals surface area contributed by atoms with Crippen LogP contribution in [-0.2, 0) is 10.0 Å². The molecule has 6 heteroatoms. The quantitative estimate of drug-likeness (QED) is 0.811. The highest BCUT2D eigenvalue weighted by atomic mass is 32.2. The third-order valence-electron chi connectivity index (χ3n) is 4.23. The first-order chi connectivity index (χ1) is 9.00. The maximum Gasteiger partial charge on any atom is 0.218 e. The normalized spacial score (nSPS) is 27.8. The Bertz CT molecular complexity index is 369. The SMILES string of the molecule is CN(C)CC1CCN(S(=O)(=O)C2CCCNC2)CC1. The largest absolute Gasteiger partial charge is 0.315 e. The minimum absolute atomic E-state index is 0.202. The van der Waals surface area contributed by atoms with E-state index in [2.05, 4.69) is 24.3 Å². The van der Waals surface area contributed by atoms with E-state index in [4.69, 9.17) is 0 Å². The second-order valence-corrected chi connectivity index (χ2v) is 8.33. The zero-order valence-electron chi connectivity index (χ0n) is 12.1. The van der Waals surface area contributed by atoms with Crippen molar-refractivity contribution in [3.63, 3.8) is 0 Å². The van der Waals surface area contributed by atoms with Crippen LogP contribution in [-0.4, -0.2) is 69.7 Å². The Hall–Kier alpha value is -0.170. The van der Waals surface area contributed by atoms with Gasteiger partial charge in [0.15, 0.2) is 0 Å². The topological polar surface area (TPSA) is 52.7 Å². The van der Waals surface area contributed by atoms with Gasteiger partial charge in [-0.05, 0) is 52.2 Å². The molecule has 2 fully saturated rings. The second kappa shape index (κ2) is 6.52. The van der Waals surface area contributed by atoms with Gasteiger partial charge >= 0.3 is 0 Å². The Morgan fingerprint density at radius 2 is 1.89 bits per heavy atom. The van der Waals surface area contributed by atoms with Crippen molar-refractivity contribution >= 4 is 10.0 Å². The number of hydrogen-bond donors (Lipinski definition) is 1. The van der Waals surface area contributed by atoms with Crippen LogP contribution in [0.2, 0.25) is 0 Å². The highest BCUT2D eigenvalue weighted by Gasteiger charge is 2.35. The number of rotatable bonds is 4. The Labute approximate surface area is 117 Å². The molecule has 0 spiro atoms. The van der Waals surface area contributed by atoms with Gasteiger partial charge in [0.25, 0.3) is 0 Å². The molecule has 2 aliphatic rings. The van der Waals surface area contributed by atoms with Crippen LogP contribution in [0.3, 0.4) is 0 Å². The van der Waals surface area contributed by atoms with Crippen molar-refractivity contribution in [1.29, 1.82) is 0 Å². The van der Waals surface area contributed by atoms with Crippen LogP contribution >= 0.6 is 0 Å². The molecule has 2 saturated heterocycles. The molecule has 0 aromatic rings. The van der Waals surface area contributed by atoms with Crippen LogP contribution in [0.15, 0.2) is 0 Å².